The zero-order valence-electron chi connectivity index (χ0n) is 16.8. The summed E-state index contributed by atoms with van der Waals surface area (Å²) in [6.45, 7) is 0.949. The maximum absolute atomic E-state index is 12.3. The molecule has 0 bridgehead atoms. The van der Waals surface area contributed by atoms with Gasteiger partial charge < -0.3 is 20.1 Å². The number of nitrogens with zero attached hydrogens (tertiary/aromatic N) is 3. The molecule has 0 saturated carbocycles. The number of likely N-dealkylation sites (tertiary alicyclic amines) is 1. The lowest BCUT2D eigenvalue weighted by Crippen LogP contribution is -2.53. The van der Waals surface area contributed by atoms with E-state index in [1.165, 1.54) is 22.3 Å². The van der Waals surface area contributed by atoms with E-state index in [1.807, 2.05) is 6.07 Å². The van der Waals surface area contributed by atoms with Crippen LogP contribution in [0.15, 0.2) is 30.6 Å². The molecule has 2 amide bonds. The molecule has 0 radical (unpaired) electrons. The van der Waals surface area contributed by atoms with Crippen LogP contribution in [-0.4, -0.2) is 52.8 Å². The third-order valence-corrected chi connectivity index (χ3v) is 6.56. The van der Waals surface area contributed by atoms with Crippen LogP contribution in [0, 0.1) is 17.2 Å². The van der Waals surface area contributed by atoms with E-state index in [1.54, 1.807) is 24.5 Å². The number of hydrogen-bond acceptors (Lipinski definition) is 7. The lowest BCUT2D eigenvalue weighted by Gasteiger charge is -2.35. The Kier molecular flexibility index (Phi) is 6.30. The average molecular weight is 439 g/mol. The Morgan fingerprint density at radius 2 is 2.29 bits per heavy atom. The molecule has 1 fully saturated rings. The Labute approximate surface area is 183 Å². The van der Waals surface area contributed by atoms with Gasteiger partial charge in [-0.05, 0) is 48.4 Å². The van der Waals surface area contributed by atoms with Crippen LogP contribution in [0.4, 0.5) is 9.80 Å². The number of fused-ring (bicyclic) bond motifs is 1. The number of ether oxygens (including phenoxy) is 1. The number of aliphatic hydroxyl groups is 1. The van der Waals surface area contributed by atoms with E-state index >= 15 is 0 Å². The van der Waals surface area contributed by atoms with Gasteiger partial charge in [0.05, 0.1) is 31.4 Å². The number of rotatable bonds is 5. The molecule has 0 spiro atoms. The normalized spacial score (nSPS) is 18.2. The molecule has 1 atom stereocenters. The predicted octanol–water partition coefficient (Wildman–Crippen LogP) is 2.58. The van der Waals surface area contributed by atoms with Crippen molar-refractivity contribution in [1.82, 2.24) is 9.88 Å². The SMILES string of the molecule is N#Cc1c(NC(=O)/C=C/c2cccnc2)sc2c1CC[C@H](COC(=O)N1CC(O)C1)C2. The summed E-state index contributed by atoms with van der Waals surface area (Å²) in [5, 5.41) is 22.3. The van der Waals surface area contributed by atoms with Crippen LogP contribution in [0.2, 0.25) is 0 Å². The van der Waals surface area contributed by atoms with Crippen LogP contribution in [0.5, 0.6) is 0 Å². The van der Waals surface area contributed by atoms with Crippen molar-refractivity contribution in [3.63, 3.8) is 0 Å². The number of thiophene rings is 1. The third-order valence-electron chi connectivity index (χ3n) is 5.39. The summed E-state index contributed by atoms with van der Waals surface area (Å²) in [6, 6.07) is 5.86. The molecule has 2 N–H and O–H groups in total. The predicted molar refractivity (Wildman–Crippen MR) is 115 cm³/mol. The number of aliphatic hydroxyl groups excluding tert-OH is 1. The molecule has 2 aromatic rings. The lowest BCUT2D eigenvalue weighted by molar-refractivity contribution is -0.111. The van der Waals surface area contributed by atoms with E-state index in [9.17, 15) is 20.0 Å². The summed E-state index contributed by atoms with van der Waals surface area (Å²) in [7, 11) is 0. The van der Waals surface area contributed by atoms with Gasteiger partial charge in [0, 0.05) is 23.3 Å². The number of carbonyl (C=O) groups is 2. The molecule has 31 heavy (non-hydrogen) atoms. The van der Waals surface area contributed by atoms with E-state index in [0.29, 0.717) is 43.1 Å². The largest absolute Gasteiger partial charge is 0.449 e. The maximum Gasteiger partial charge on any atom is 0.409 e. The van der Waals surface area contributed by atoms with E-state index < -0.39 is 12.2 Å². The molecule has 0 unspecified atom stereocenters. The number of nitriles is 1. The summed E-state index contributed by atoms with van der Waals surface area (Å²) in [6.07, 6.45) is 7.79. The molecular weight excluding hydrogens is 416 g/mol. The van der Waals surface area contributed by atoms with Gasteiger partial charge in [0.15, 0.2) is 0 Å². The smallest absolute Gasteiger partial charge is 0.409 e. The number of β-amino-alcohol motifs (C(OH)–C–C–N with tert-alkyl or cyclic N) is 1. The monoisotopic (exact) mass is 438 g/mol. The van der Waals surface area contributed by atoms with Crippen molar-refractivity contribution < 1.29 is 19.4 Å². The van der Waals surface area contributed by atoms with Crippen LogP contribution >= 0.6 is 11.3 Å². The van der Waals surface area contributed by atoms with Crippen LogP contribution in [-0.2, 0) is 22.4 Å². The van der Waals surface area contributed by atoms with Gasteiger partial charge >= 0.3 is 6.09 Å². The van der Waals surface area contributed by atoms with E-state index in [4.69, 9.17) is 4.74 Å². The second-order valence-electron chi connectivity index (χ2n) is 7.67. The van der Waals surface area contributed by atoms with Crippen molar-refractivity contribution in [2.24, 2.45) is 5.92 Å². The van der Waals surface area contributed by atoms with Crippen LogP contribution in [0.3, 0.4) is 0 Å². The minimum atomic E-state index is -0.451. The first-order valence-corrected chi connectivity index (χ1v) is 10.9. The van der Waals surface area contributed by atoms with E-state index in [-0.39, 0.29) is 11.8 Å². The number of aromatic nitrogens is 1. The summed E-state index contributed by atoms with van der Waals surface area (Å²) >= 11 is 1.41. The number of pyridine rings is 1. The standard InChI is InChI=1S/C22H22N4O4S/c23-9-18-17-5-3-15(13-30-22(29)26-11-16(27)12-26)8-19(17)31-21(18)25-20(28)6-4-14-2-1-7-24-10-14/h1-2,4,6-7,10,15-16,27H,3,5,8,11-13H2,(H,25,28)/b6-4+/t15-/m0/s1. The number of carbonyl (C=O) groups excluding carboxylic acids is 2. The lowest BCUT2D eigenvalue weighted by atomic mass is 9.88. The zero-order chi connectivity index (χ0) is 21.8. The van der Waals surface area contributed by atoms with Gasteiger partial charge in [0.2, 0.25) is 5.91 Å². The minimum absolute atomic E-state index is 0.168. The number of hydrogen-bond donors (Lipinski definition) is 2. The van der Waals surface area contributed by atoms with Crippen molar-refractivity contribution in [3.8, 4) is 6.07 Å². The molecule has 1 saturated heterocycles. The molecule has 160 valence electrons. The molecule has 3 heterocycles. The molecule has 1 aliphatic heterocycles. The molecule has 2 aliphatic rings. The van der Waals surface area contributed by atoms with Crippen LogP contribution < -0.4 is 5.32 Å². The fourth-order valence-corrected chi connectivity index (χ4v) is 5.00. The van der Waals surface area contributed by atoms with E-state index in [0.717, 1.165) is 22.4 Å². The zero-order valence-corrected chi connectivity index (χ0v) is 17.6. The van der Waals surface area contributed by atoms with Crippen LogP contribution in [0.25, 0.3) is 6.08 Å². The molecular formula is C22H22N4O4S. The second-order valence-corrected chi connectivity index (χ2v) is 8.78. The first kappa shape index (κ1) is 21.0. The fourth-order valence-electron chi connectivity index (χ4n) is 3.69. The second kappa shape index (κ2) is 9.29. The molecule has 2 aromatic heterocycles. The Hall–Kier alpha value is -3.22. The summed E-state index contributed by atoms with van der Waals surface area (Å²) < 4.78 is 5.38. The molecule has 0 aromatic carbocycles. The van der Waals surface area contributed by atoms with Gasteiger partial charge in [-0.15, -0.1) is 11.3 Å². The highest BCUT2D eigenvalue weighted by Gasteiger charge is 2.31. The van der Waals surface area contributed by atoms with Crippen molar-refractivity contribution in [2.45, 2.75) is 25.4 Å². The van der Waals surface area contributed by atoms with Gasteiger partial charge in [-0.2, -0.15) is 5.26 Å². The van der Waals surface area contributed by atoms with Gasteiger partial charge in [0.25, 0.3) is 0 Å². The van der Waals surface area contributed by atoms with Crippen molar-refractivity contribution in [3.05, 3.63) is 52.2 Å². The van der Waals surface area contributed by atoms with Gasteiger partial charge in [-0.1, -0.05) is 6.07 Å². The minimum Gasteiger partial charge on any atom is -0.449 e. The number of amides is 2. The van der Waals surface area contributed by atoms with Gasteiger partial charge in [-0.25, -0.2) is 4.79 Å². The first-order valence-electron chi connectivity index (χ1n) is 10.1. The average Bonchev–Trinajstić information content (AvgIpc) is 3.10. The summed E-state index contributed by atoms with van der Waals surface area (Å²) in [5.41, 5.74) is 2.31. The summed E-state index contributed by atoms with van der Waals surface area (Å²) in [4.78, 5) is 30.8. The Morgan fingerprint density at radius 1 is 1.45 bits per heavy atom. The van der Waals surface area contributed by atoms with Crippen molar-refractivity contribution in [1.29, 1.82) is 5.26 Å². The molecule has 8 nitrogen and oxygen atoms in total. The molecule has 1 aliphatic carbocycles. The van der Waals surface area contributed by atoms with E-state index in [2.05, 4.69) is 16.4 Å². The highest BCUT2D eigenvalue weighted by molar-refractivity contribution is 7.16. The van der Waals surface area contributed by atoms with Gasteiger partial charge in [0.1, 0.15) is 11.1 Å². The van der Waals surface area contributed by atoms with Crippen molar-refractivity contribution >= 4 is 34.4 Å². The Bertz CT molecular complexity index is 1040. The fraction of sp³-hybridized carbons (Fsp3) is 0.364. The maximum atomic E-state index is 12.3. The number of anilines is 1. The summed E-state index contributed by atoms with van der Waals surface area (Å²) in [5.74, 6) is -0.136. The van der Waals surface area contributed by atoms with Crippen LogP contribution in [0.1, 0.15) is 28.0 Å². The van der Waals surface area contributed by atoms with Gasteiger partial charge in [-0.3, -0.25) is 9.78 Å². The highest BCUT2D eigenvalue weighted by atomic mass is 32.1. The highest BCUT2D eigenvalue weighted by Crippen LogP contribution is 2.39. The van der Waals surface area contributed by atoms with Crippen molar-refractivity contribution in [2.75, 3.05) is 25.0 Å². The molecule has 4 rings (SSSR count). The number of nitrogens with one attached hydrogen (secondary N) is 1. The third kappa shape index (κ3) is 4.93. The Morgan fingerprint density at radius 3 is 3.00 bits per heavy atom. The first-order chi connectivity index (χ1) is 15.0. The topological polar surface area (TPSA) is 116 Å². The quantitative estimate of drug-likeness (QED) is 0.694. The molecule has 9 heteroatoms. The Balaban J connectivity index is 1.36.